The van der Waals surface area contributed by atoms with E-state index >= 15 is 0 Å². The predicted molar refractivity (Wildman–Crippen MR) is 129 cm³/mol. The zero-order valence-electron chi connectivity index (χ0n) is 18.4. The highest BCUT2D eigenvalue weighted by Gasteiger charge is 2.47. The number of halogens is 1. The van der Waals surface area contributed by atoms with Crippen LogP contribution in [0.1, 0.15) is 34.5 Å². The second-order valence-corrected chi connectivity index (χ2v) is 8.84. The molecule has 5 rings (SSSR count). The summed E-state index contributed by atoms with van der Waals surface area (Å²) in [5.74, 6) is -0.777. The van der Waals surface area contributed by atoms with E-state index in [1.54, 1.807) is 41.3 Å². The molecule has 34 heavy (non-hydrogen) atoms. The van der Waals surface area contributed by atoms with Crippen molar-refractivity contribution in [2.24, 2.45) is 0 Å². The van der Waals surface area contributed by atoms with Gasteiger partial charge >= 0.3 is 0 Å². The number of aryl methyl sites for hydroxylation is 1. The number of fused-ring (bicyclic) bond motifs is 1. The Labute approximate surface area is 200 Å². The number of rotatable bonds is 6. The molecule has 2 aromatic carbocycles. The zero-order valence-corrected chi connectivity index (χ0v) is 19.1. The Hall–Kier alpha value is -3.75. The summed E-state index contributed by atoms with van der Waals surface area (Å²) in [6.45, 7) is 2.10. The van der Waals surface area contributed by atoms with Crippen molar-refractivity contribution in [3.8, 4) is 5.69 Å². The van der Waals surface area contributed by atoms with Gasteiger partial charge in [0.05, 0.1) is 33.7 Å². The third-order valence-electron chi connectivity index (χ3n) is 5.86. The lowest BCUT2D eigenvalue weighted by Gasteiger charge is -2.12. The number of nitrogens with one attached hydrogen (secondary N) is 2. The fourth-order valence-electron chi connectivity index (χ4n) is 3.77. The number of carbonyl (C=O) groups excluding carboxylic acids is 2. The highest BCUT2D eigenvalue weighted by Crippen LogP contribution is 2.35. The summed E-state index contributed by atoms with van der Waals surface area (Å²) in [6.07, 6.45) is 4.37. The molecule has 9 heteroatoms. The van der Waals surface area contributed by atoms with Crippen LogP contribution in [0.15, 0.2) is 60.9 Å². The van der Waals surface area contributed by atoms with Crippen LogP contribution in [0, 0.1) is 6.92 Å². The van der Waals surface area contributed by atoms with E-state index in [0.717, 1.165) is 22.3 Å². The van der Waals surface area contributed by atoms with Crippen molar-refractivity contribution in [3.63, 3.8) is 0 Å². The fourth-order valence-corrected chi connectivity index (χ4v) is 3.97. The minimum Gasteiger partial charge on any atom is -0.380 e. The van der Waals surface area contributed by atoms with Crippen molar-refractivity contribution in [3.05, 3.63) is 82.8 Å². The minimum absolute atomic E-state index is 0.187. The molecule has 172 valence electrons. The second-order valence-electron chi connectivity index (χ2n) is 8.43. The van der Waals surface area contributed by atoms with Crippen molar-refractivity contribution in [1.82, 2.24) is 20.1 Å². The normalized spacial score (nSPS) is 14.1. The molecule has 0 bridgehead atoms. The van der Waals surface area contributed by atoms with Gasteiger partial charge in [-0.2, -0.15) is 5.10 Å². The molecule has 0 aliphatic heterocycles. The van der Waals surface area contributed by atoms with E-state index in [1.807, 2.05) is 31.2 Å². The first kappa shape index (κ1) is 22.1. The molecule has 1 fully saturated rings. The lowest BCUT2D eigenvalue weighted by molar-refractivity contribution is -0.131. The molecule has 0 spiro atoms. The van der Waals surface area contributed by atoms with Gasteiger partial charge in [-0.05, 0) is 61.7 Å². The summed E-state index contributed by atoms with van der Waals surface area (Å²) < 4.78 is 1.80. The summed E-state index contributed by atoms with van der Waals surface area (Å²) in [5.41, 5.74) is 2.93. The van der Waals surface area contributed by atoms with Crippen LogP contribution in [0.2, 0.25) is 5.02 Å². The highest BCUT2D eigenvalue weighted by molar-refractivity contribution is 6.34. The summed E-state index contributed by atoms with van der Waals surface area (Å²) in [7, 11) is 0. The number of anilines is 1. The molecule has 0 radical (unpaired) electrons. The van der Waals surface area contributed by atoms with E-state index in [1.165, 1.54) is 0 Å². The average molecular weight is 476 g/mol. The van der Waals surface area contributed by atoms with Crippen LogP contribution < -0.4 is 10.6 Å². The number of aliphatic hydroxyl groups is 1. The molecule has 0 saturated heterocycles. The molecule has 2 aromatic heterocycles. The van der Waals surface area contributed by atoms with Crippen LogP contribution in [0.5, 0.6) is 0 Å². The lowest BCUT2D eigenvalue weighted by Crippen LogP contribution is -2.35. The molecule has 4 aromatic rings. The van der Waals surface area contributed by atoms with Gasteiger partial charge in [-0.25, -0.2) is 4.68 Å². The van der Waals surface area contributed by atoms with E-state index in [4.69, 9.17) is 11.6 Å². The molecule has 1 aliphatic rings. The molecule has 1 aliphatic carbocycles. The van der Waals surface area contributed by atoms with Gasteiger partial charge in [0.25, 0.3) is 11.8 Å². The van der Waals surface area contributed by atoms with Crippen molar-refractivity contribution < 1.29 is 14.7 Å². The zero-order chi connectivity index (χ0) is 23.9. The summed E-state index contributed by atoms with van der Waals surface area (Å²) in [5, 5.41) is 21.1. The van der Waals surface area contributed by atoms with Crippen LogP contribution in [-0.2, 0) is 11.3 Å². The number of aromatic nitrogens is 3. The third kappa shape index (κ3) is 4.25. The number of pyridine rings is 1. The molecular weight excluding hydrogens is 454 g/mol. The van der Waals surface area contributed by atoms with Gasteiger partial charge < -0.3 is 15.7 Å². The Bertz CT molecular complexity index is 1430. The number of carbonyl (C=O) groups is 2. The smallest absolute Gasteiger partial charge is 0.257 e. The SMILES string of the molecule is Cc1cc(-n2ncc3c(NC(=O)c4cc(CNC(=O)C5(O)CC5)ccc4Cl)cccc32)ccn1. The van der Waals surface area contributed by atoms with Gasteiger partial charge in [-0.3, -0.25) is 14.6 Å². The van der Waals surface area contributed by atoms with Crippen LogP contribution in [0.3, 0.4) is 0 Å². The van der Waals surface area contributed by atoms with E-state index in [9.17, 15) is 14.7 Å². The number of hydrogen-bond donors (Lipinski definition) is 3. The van der Waals surface area contributed by atoms with Gasteiger partial charge in [0.2, 0.25) is 0 Å². The van der Waals surface area contributed by atoms with Crippen LogP contribution in [-0.4, -0.2) is 37.3 Å². The molecule has 3 N–H and O–H groups in total. The van der Waals surface area contributed by atoms with Crippen LogP contribution in [0.4, 0.5) is 5.69 Å². The maximum atomic E-state index is 13.1. The summed E-state index contributed by atoms with van der Waals surface area (Å²) >= 11 is 6.31. The molecule has 8 nitrogen and oxygen atoms in total. The quantitative estimate of drug-likeness (QED) is 0.393. The van der Waals surface area contributed by atoms with Crippen molar-refractivity contribution in [2.75, 3.05) is 5.32 Å². The Kier molecular flexibility index (Phi) is 5.55. The Balaban J connectivity index is 1.38. The number of benzene rings is 2. The van der Waals surface area contributed by atoms with E-state index in [-0.39, 0.29) is 18.0 Å². The van der Waals surface area contributed by atoms with Crippen molar-refractivity contribution in [1.29, 1.82) is 0 Å². The molecule has 0 unspecified atom stereocenters. The molecule has 2 amide bonds. The number of nitrogens with zero attached hydrogens (tertiary/aromatic N) is 3. The van der Waals surface area contributed by atoms with Crippen LogP contribution >= 0.6 is 11.6 Å². The largest absolute Gasteiger partial charge is 0.380 e. The first-order valence-corrected chi connectivity index (χ1v) is 11.2. The summed E-state index contributed by atoms with van der Waals surface area (Å²) in [4.78, 5) is 29.3. The monoisotopic (exact) mass is 475 g/mol. The van der Waals surface area contributed by atoms with E-state index in [2.05, 4.69) is 20.7 Å². The number of amides is 2. The van der Waals surface area contributed by atoms with Crippen LogP contribution in [0.25, 0.3) is 16.6 Å². The fraction of sp³-hybridized carbons (Fsp3) is 0.200. The third-order valence-corrected chi connectivity index (χ3v) is 6.19. The highest BCUT2D eigenvalue weighted by atomic mass is 35.5. The number of hydrogen-bond acceptors (Lipinski definition) is 5. The second kappa shape index (κ2) is 8.55. The maximum absolute atomic E-state index is 13.1. The average Bonchev–Trinajstić information content (AvgIpc) is 3.43. The summed E-state index contributed by atoms with van der Waals surface area (Å²) in [6, 6.07) is 14.4. The van der Waals surface area contributed by atoms with Gasteiger partial charge in [0.15, 0.2) is 0 Å². The molecule has 0 atom stereocenters. The topological polar surface area (TPSA) is 109 Å². The predicted octanol–water partition coefficient (Wildman–Crippen LogP) is 3.78. The van der Waals surface area contributed by atoms with Gasteiger partial charge in [0, 0.05) is 23.8 Å². The van der Waals surface area contributed by atoms with Gasteiger partial charge in [-0.1, -0.05) is 23.7 Å². The Morgan fingerprint density at radius 1 is 1.18 bits per heavy atom. The Morgan fingerprint density at radius 3 is 2.76 bits per heavy atom. The lowest BCUT2D eigenvalue weighted by atomic mass is 10.1. The maximum Gasteiger partial charge on any atom is 0.257 e. The van der Waals surface area contributed by atoms with Crippen molar-refractivity contribution >= 4 is 40.0 Å². The minimum atomic E-state index is -1.25. The van der Waals surface area contributed by atoms with Gasteiger partial charge in [-0.15, -0.1) is 0 Å². The van der Waals surface area contributed by atoms with Crippen molar-refractivity contribution in [2.45, 2.75) is 31.9 Å². The molecule has 1 saturated carbocycles. The standard InChI is InChI=1S/C25H22ClN5O3/c1-15-11-17(7-10-27-15)31-22-4-2-3-21(19(22)14-29-31)30-23(32)18-12-16(5-6-20(18)26)13-28-24(33)25(34)8-9-25/h2-7,10-12,14,34H,8-9,13H2,1H3,(H,28,33)(H,30,32). The Morgan fingerprint density at radius 2 is 2.00 bits per heavy atom. The van der Waals surface area contributed by atoms with E-state index in [0.29, 0.717) is 29.1 Å². The molecule has 2 heterocycles. The molecular formula is C25H22ClN5O3. The first-order valence-electron chi connectivity index (χ1n) is 10.8. The van der Waals surface area contributed by atoms with E-state index < -0.39 is 11.5 Å². The van der Waals surface area contributed by atoms with Gasteiger partial charge in [0.1, 0.15) is 5.60 Å². The first-order chi connectivity index (χ1) is 16.3.